The highest BCUT2D eigenvalue weighted by atomic mass is 32.2. The van der Waals surface area contributed by atoms with E-state index < -0.39 is 348 Å². The Morgan fingerprint density at radius 1 is 0.530 bits per heavy atom. The molecule has 660 valence electrons. The Kier molecular flexibility index (Phi) is 32.7. The van der Waals surface area contributed by atoms with Gasteiger partial charge in [-0.3, -0.25) is 18.7 Å². The number of ether oxygens (including phenoxy) is 17. The molecule has 0 aliphatic carbocycles. The van der Waals surface area contributed by atoms with Crippen molar-refractivity contribution in [3.63, 3.8) is 0 Å². The number of aliphatic hydroxyl groups is 20. The minimum absolute atomic E-state index is 0.263. The number of carbonyl (C=O) groups is 3. The SMILES string of the molecule is CNC(CSCC1O[C@@H]2O[C@@H]3C(CO)O[C@H](O[C@@H]4C(CO)O[C@H](O[C@@H]5C(CO)O[C@H](O[C@@H]6C(C)O[C@H](O[C@@H]7C(CO)O[C@H](O[C@@H]8C(CO)O[C@H](O[C@H]1[C@H](O)C2O)C(O)[C@H]8O)C(O)[C@H]7O)C(O)[C@H]6O)C(O)[C@H]5O)C(O)[C@H]4O)C(O)[C@H]3O)C(=O)NCCC(=O)OCC(=O)OCOP(=O)(O)OC[C@H]1O[C@@H](n2ccc(N)nc2=O)C(F)(F)[C@@H]1O. The van der Waals surface area contributed by atoms with Crippen LogP contribution in [0.2, 0.25) is 0 Å². The Balaban J connectivity index is 0.800. The number of hydrogen-bond donors (Lipinski definition) is 24. The van der Waals surface area contributed by atoms with Gasteiger partial charge in [0.25, 0.3) is 0 Å². The first-order valence-electron chi connectivity index (χ1n) is 35.7. The number of hydrogen-bond acceptors (Lipinski definition) is 48. The second-order valence-corrected chi connectivity index (χ2v) is 30.3. The summed E-state index contributed by atoms with van der Waals surface area (Å²) < 4.78 is 148. The van der Waals surface area contributed by atoms with Crippen LogP contribution < -0.4 is 22.1 Å². The van der Waals surface area contributed by atoms with Gasteiger partial charge in [-0.25, -0.2) is 18.7 Å². The number of aliphatic hydroxyl groups excluding tert-OH is 20. The number of amides is 1. The molecule has 115 heavy (non-hydrogen) atoms. The summed E-state index contributed by atoms with van der Waals surface area (Å²) >= 11 is 0.836. The molecule has 0 radical (unpaired) electrons. The maximum atomic E-state index is 14.9. The first kappa shape index (κ1) is 93.2. The van der Waals surface area contributed by atoms with E-state index in [9.17, 15) is 140 Å². The van der Waals surface area contributed by atoms with Gasteiger partial charge in [0.05, 0.1) is 64.3 Å². The molecule has 1 amide bonds. The number of likely N-dealkylation sites (N-methyl/N-ethyl adjacent to an activating group) is 1. The second-order valence-electron chi connectivity index (χ2n) is 27.7. The van der Waals surface area contributed by atoms with Gasteiger partial charge in [0.2, 0.25) is 18.9 Å². The molecule has 54 heteroatoms. The van der Waals surface area contributed by atoms with Crippen LogP contribution in [0.25, 0.3) is 0 Å². The molecule has 0 aromatic carbocycles. The summed E-state index contributed by atoms with van der Waals surface area (Å²) in [6, 6.07) is -0.209. The van der Waals surface area contributed by atoms with Crippen LogP contribution in [0, 0.1) is 0 Å². The number of aromatic nitrogens is 2. The van der Waals surface area contributed by atoms with Crippen molar-refractivity contribution in [2.24, 2.45) is 0 Å². The highest BCUT2D eigenvalue weighted by Crippen LogP contribution is 2.48. The Labute approximate surface area is 651 Å². The molecule has 22 aliphatic heterocycles. The number of halogens is 2. The van der Waals surface area contributed by atoms with Crippen LogP contribution in [0.1, 0.15) is 19.6 Å². The fraction of sp³-hybridized carbons (Fsp3) is 0.885. The van der Waals surface area contributed by atoms with E-state index in [1.807, 2.05) is 0 Å². The van der Waals surface area contributed by atoms with Gasteiger partial charge < -0.3 is 204 Å². The van der Waals surface area contributed by atoms with Crippen LogP contribution >= 0.6 is 19.6 Å². The third-order valence-corrected chi connectivity index (χ3v) is 22.1. The van der Waals surface area contributed by atoms with Crippen molar-refractivity contribution in [3.05, 3.63) is 22.7 Å². The number of carbonyl (C=O) groups excluding carboxylic acids is 3. The van der Waals surface area contributed by atoms with Gasteiger partial charge >= 0.3 is 31.4 Å². The summed E-state index contributed by atoms with van der Waals surface area (Å²) in [5.41, 5.74) is 4.10. The average molecular weight is 1720 g/mol. The fourth-order valence-electron chi connectivity index (χ4n) is 13.7. The molecule has 25 N–H and O–H groups in total. The third kappa shape index (κ3) is 21.0. The number of alkyl halides is 2. The van der Waals surface area contributed by atoms with Gasteiger partial charge in [0, 0.05) is 24.2 Å². The van der Waals surface area contributed by atoms with E-state index in [1.54, 1.807) is 0 Å². The minimum Gasteiger partial charge on any atom is -0.454 e. The van der Waals surface area contributed by atoms with Crippen molar-refractivity contribution in [2.45, 2.75) is 259 Å². The predicted octanol–water partition coefficient (Wildman–Crippen LogP) is -15.5. The summed E-state index contributed by atoms with van der Waals surface area (Å²) in [6.07, 6.45) is -78.4. The lowest BCUT2D eigenvalue weighted by atomic mass is 9.95. The zero-order valence-electron chi connectivity index (χ0n) is 60.4. The number of nitrogens with one attached hydrogen (secondary N) is 2. The lowest BCUT2D eigenvalue weighted by molar-refractivity contribution is -0.395. The van der Waals surface area contributed by atoms with Crippen LogP contribution in [0.4, 0.5) is 14.6 Å². The molecule has 0 saturated carbocycles. The lowest BCUT2D eigenvalue weighted by Crippen LogP contribution is -2.68. The van der Waals surface area contributed by atoms with E-state index in [-0.39, 0.29) is 11.6 Å². The van der Waals surface area contributed by atoms with Crippen LogP contribution in [0.3, 0.4) is 0 Å². The predicted molar refractivity (Wildman–Crippen MR) is 354 cm³/mol. The second kappa shape index (κ2) is 40.3. The molecular formula is C61H96F2N5O45PS. The summed E-state index contributed by atoms with van der Waals surface area (Å²) in [5, 5.41) is 230. The molecular weight excluding hydrogens is 1620 g/mol. The molecule has 22 fully saturated rings. The Hall–Kier alpha value is -4.03. The van der Waals surface area contributed by atoms with E-state index in [4.69, 9.17) is 81.5 Å². The number of phosphoric ester groups is 1. The zero-order valence-corrected chi connectivity index (χ0v) is 62.1. The molecule has 14 bridgehead atoms. The van der Waals surface area contributed by atoms with Crippen molar-refractivity contribution < 1.29 is 224 Å². The highest BCUT2D eigenvalue weighted by Gasteiger charge is 2.62. The van der Waals surface area contributed by atoms with Gasteiger partial charge in [0.15, 0.2) is 56.7 Å². The summed E-state index contributed by atoms with van der Waals surface area (Å²) in [7, 11) is -3.93. The largest absolute Gasteiger partial charge is 0.475 e. The monoisotopic (exact) mass is 1720 g/mol. The molecule has 1 aromatic rings. The molecule has 23 rings (SSSR count). The quantitative estimate of drug-likeness (QED) is 0.0275. The van der Waals surface area contributed by atoms with Crippen molar-refractivity contribution in [2.75, 3.05) is 83.9 Å². The van der Waals surface area contributed by atoms with Gasteiger partial charge in [0.1, 0.15) is 171 Å². The molecule has 23 heterocycles. The maximum Gasteiger partial charge on any atom is 0.475 e. The number of nitrogen functional groups attached to an aromatic ring is 1. The molecule has 50 nitrogen and oxygen atoms in total. The van der Waals surface area contributed by atoms with Crippen molar-refractivity contribution in [3.8, 4) is 0 Å². The summed E-state index contributed by atoms with van der Waals surface area (Å²) in [5.74, 6) is -8.48. The number of thioether (sulfide) groups is 1. The van der Waals surface area contributed by atoms with E-state index in [2.05, 4.69) is 29.4 Å². The standard InChI is InChI=1S/C61H96F2N5O45PS/c1-17-43-29(76)36(83)52(99-17)108-44-19(7-69)101-54(38(85)31(44)78)111-47-22(10-72)104-57(41(88)34(47)81)113-49-25(15-115-14-18(65-2)51(91)66-5-3-27(74)95-13-28(75)96-16-98-114(93,94)97-12-24-50(90)61(62,63)59(106-24)68-6-4-26(64)67-60(68)92)105-58(42(89)35(49)82)112-48-23(11-73)103-56(40(87)33(48)80)110-46-21(9-71)102-55(39(86)32(46)79)109-45-20(8-70)100-53(107-43)37(84)30(45)77/h4,6,17-25,29-50,52-59,65,69-73,76-90H,3,5,7-16H2,1-2H3,(H,66,91)(H,93,94)(H2,64,67,92)/t17?,18?,19?,20?,21?,22?,23?,24-,25?,29-,30-,31-,32-,33-,34-,35-,36?,37?,38?,39?,40?,41?,42?,43-,44-,45-,46-,47-,48-,49-,50-,52-,53-,54-,55-,56-,57-,58-,59-/m1/s1. The molecule has 22 aliphatic rings. The highest BCUT2D eigenvalue weighted by molar-refractivity contribution is 7.99. The van der Waals surface area contributed by atoms with Crippen molar-refractivity contribution in [1.82, 2.24) is 20.2 Å². The molecule has 22 saturated heterocycles. The first-order chi connectivity index (χ1) is 54.4. The number of esters is 2. The van der Waals surface area contributed by atoms with E-state index in [1.165, 1.54) is 14.0 Å². The molecule has 0 spiro atoms. The normalized spacial score (nSPS) is 44.7. The van der Waals surface area contributed by atoms with Crippen molar-refractivity contribution >= 4 is 43.2 Å². The van der Waals surface area contributed by atoms with Gasteiger partial charge in [-0.15, -0.1) is 0 Å². The Morgan fingerprint density at radius 3 is 1.28 bits per heavy atom. The molecule has 16 unspecified atom stereocenters. The molecule has 1 aromatic heterocycles. The summed E-state index contributed by atoms with van der Waals surface area (Å²) in [6.45, 7) is -8.40. The van der Waals surface area contributed by atoms with E-state index >= 15 is 0 Å². The fourth-order valence-corrected chi connectivity index (χ4v) is 15.5. The Bertz CT molecular complexity index is 3420. The van der Waals surface area contributed by atoms with Crippen LogP contribution in [0.5, 0.6) is 0 Å². The zero-order chi connectivity index (χ0) is 84.1. The van der Waals surface area contributed by atoms with Crippen LogP contribution in [-0.2, 0) is 109 Å². The average Bonchev–Trinajstić information content (AvgIpc) is 1.75. The number of phosphoric acid groups is 1. The van der Waals surface area contributed by atoms with Crippen molar-refractivity contribution in [1.29, 1.82) is 0 Å². The van der Waals surface area contributed by atoms with Gasteiger partial charge in [-0.2, -0.15) is 25.5 Å². The van der Waals surface area contributed by atoms with Crippen LogP contribution in [-0.4, -0.2) is 452 Å². The molecule has 40 atom stereocenters. The van der Waals surface area contributed by atoms with Gasteiger partial charge in [-0.1, -0.05) is 0 Å². The lowest BCUT2D eigenvalue weighted by Gasteiger charge is -2.50. The number of rotatable bonds is 23. The van der Waals surface area contributed by atoms with E-state index in [0.29, 0.717) is 4.57 Å². The van der Waals surface area contributed by atoms with E-state index in [0.717, 1.165) is 24.0 Å². The topological polar surface area (TPSA) is 753 Å². The summed E-state index contributed by atoms with van der Waals surface area (Å²) in [4.78, 5) is 64.0. The third-order valence-electron chi connectivity index (χ3n) is 20.1. The van der Waals surface area contributed by atoms with Crippen LogP contribution in [0.15, 0.2) is 17.1 Å². The maximum absolute atomic E-state index is 14.9. The number of anilines is 1. The number of nitrogens with zero attached hydrogens (tertiary/aromatic N) is 2. The minimum atomic E-state index is -5.26. The first-order valence-corrected chi connectivity index (χ1v) is 38.3. The van der Waals surface area contributed by atoms with Gasteiger partial charge in [-0.05, 0) is 20.0 Å². The smallest absolute Gasteiger partial charge is 0.454 e. The number of nitrogens with two attached hydrogens (primary N) is 1. The Morgan fingerprint density at radius 2 is 0.896 bits per heavy atom.